The third kappa shape index (κ3) is 4.67. The Morgan fingerprint density at radius 3 is 2.37 bits per heavy atom. The molecule has 0 saturated heterocycles. The van der Waals surface area contributed by atoms with Gasteiger partial charge in [-0.25, -0.2) is 4.79 Å². The zero-order valence-electron chi connectivity index (χ0n) is 12.2. The van der Waals surface area contributed by atoms with E-state index in [4.69, 9.17) is 0 Å². The van der Waals surface area contributed by atoms with Gasteiger partial charge in [-0.15, -0.1) is 0 Å². The van der Waals surface area contributed by atoms with Gasteiger partial charge in [0.15, 0.2) is 0 Å². The number of hydrogen-bond acceptors (Lipinski definition) is 3. The normalized spacial score (nSPS) is 11.2. The van der Waals surface area contributed by atoms with Crippen molar-refractivity contribution in [3.8, 4) is 0 Å². The van der Waals surface area contributed by atoms with Gasteiger partial charge in [-0.1, -0.05) is 26.7 Å². The summed E-state index contributed by atoms with van der Waals surface area (Å²) in [6.07, 6.45) is 6.03. The highest BCUT2D eigenvalue weighted by molar-refractivity contribution is 5.88. The average Bonchev–Trinajstić information content (AvgIpc) is 2.74. The van der Waals surface area contributed by atoms with Crippen LogP contribution in [-0.2, 0) is 13.6 Å². The summed E-state index contributed by atoms with van der Waals surface area (Å²) in [5, 5.41) is 13.2. The molecule has 108 valence electrons. The highest BCUT2D eigenvalue weighted by atomic mass is 16.4. The molecule has 1 heterocycles. The van der Waals surface area contributed by atoms with Gasteiger partial charge < -0.3 is 5.11 Å². The lowest BCUT2D eigenvalue weighted by atomic mass is 10.2. The summed E-state index contributed by atoms with van der Waals surface area (Å²) in [4.78, 5) is 13.5. The molecule has 0 radical (unpaired) electrons. The number of aromatic carboxylic acids is 1. The maximum absolute atomic E-state index is 11.2. The lowest BCUT2D eigenvalue weighted by molar-refractivity contribution is 0.0694. The molecule has 0 atom stereocenters. The minimum absolute atomic E-state index is 0.320. The molecular weight excluding hydrogens is 242 g/mol. The van der Waals surface area contributed by atoms with Crippen molar-refractivity contribution in [2.24, 2.45) is 7.05 Å². The second-order valence-electron chi connectivity index (χ2n) is 4.92. The third-order valence-electron chi connectivity index (χ3n) is 3.32. The predicted octanol–water partition coefficient (Wildman–Crippen LogP) is 2.52. The Hall–Kier alpha value is -1.36. The van der Waals surface area contributed by atoms with E-state index in [-0.39, 0.29) is 0 Å². The van der Waals surface area contributed by atoms with Gasteiger partial charge in [0.25, 0.3) is 0 Å². The first kappa shape index (κ1) is 15.7. The molecule has 0 aromatic carbocycles. The van der Waals surface area contributed by atoms with E-state index in [1.165, 1.54) is 6.20 Å². The summed E-state index contributed by atoms with van der Waals surface area (Å²) in [5.41, 5.74) is 1.11. The standard InChI is InChI=1S/C14H25N3O2/c1-4-6-8-17(9-7-5-2)11-13-12(14(18)19)10-15-16(13)3/h10H,4-9,11H2,1-3H3,(H,18,19). The molecule has 0 aliphatic heterocycles. The van der Waals surface area contributed by atoms with Crippen LogP contribution in [0.3, 0.4) is 0 Å². The Morgan fingerprint density at radius 1 is 1.32 bits per heavy atom. The van der Waals surface area contributed by atoms with E-state index in [0.717, 1.165) is 44.5 Å². The highest BCUT2D eigenvalue weighted by Crippen LogP contribution is 2.12. The van der Waals surface area contributed by atoms with E-state index < -0.39 is 5.97 Å². The lowest BCUT2D eigenvalue weighted by Gasteiger charge is -2.22. The van der Waals surface area contributed by atoms with Crippen molar-refractivity contribution in [1.82, 2.24) is 14.7 Å². The van der Waals surface area contributed by atoms with Crippen molar-refractivity contribution in [1.29, 1.82) is 0 Å². The van der Waals surface area contributed by atoms with E-state index in [9.17, 15) is 9.90 Å². The lowest BCUT2D eigenvalue weighted by Crippen LogP contribution is -2.27. The second-order valence-corrected chi connectivity index (χ2v) is 4.92. The van der Waals surface area contributed by atoms with Crippen molar-refractivity contribution in [3.63, 3.8) is 0 Å². The summed E-state index contributed by atoms with van der Waals surface area (Å²) in [7, 11) is 1.81. The first-order chi connectivity index (χ1) is 9.10. The average molecular weight is 267 g/mol. The summed E-state index contributed by atoms with van der Waals surface area (Å²) in [6.45, 7) is 7.04. The molecule has 1 aromatic rings. The zero-order chi connectivity index (χ0) is 14.3. The van der Waals surface area contributed by atoms with Crippen LogP contribution in [0.1, 0.15) is 55.6 Å². The Balaban J connectivity index is 2.76. The van der Waals surface area contributed by atoms with Gasteiger partial charge in [0.1, 0.15) is 5.56 Å². The number of carboxylic acids is 1. The molecule has 19 heavy (non-hydrogen) atoms. The Kier molecular flexibility index (Phi) is 6.56. The van der Waals surface area contributed by atoms with E-state index in [1.54, 1.807) is 11.7 Å². The molecule has 0 spiro atoms. The van der Waals surface area contributed by atoms with Crippen molar-refractivity contribution < 1.29 is 9.90 Å². The largest absolute Gasteiger partial charge is 0.478 e. The van der Waals surface area contributed by atoms with Gasteiger partial charge in [-0.2, -0.15) is 5.10 Å². The van der Waals surface area contributed by atoms with E-state index >= 15 is 0 Å². The first-order valence-corrected chi connectivity index (χ1v) is 7.06. The van der Waals surface area contributed by atoms with Crippen LogP contribution in [0.15, 0.2) is 6.20 Å². The quantitative estimate of drug-likeness (QED) is 0.747. The van der Waals surface area contributed by atoms with Gasteiger partial charge in [0, 0.05) is 13.6 Å². The number of carbonyl (C=O) groups is 1. The molecule has 0 unspecified atom stereocenters. The molecule has 0 bridgehead atoms. The van der Waals surface area contributed by atoms with Crippen molar-refractivity contribution in [2.45, 2.75) is 46.1 Å². The number of rotatable bonds is 9. The maximum atomic E-state index is 11.2. The molecule has 0 aliphatic carbocycles. The molecule has 5 heteroatoms. The molecule has 1 N–H and O–H groups in total. The molecular formula is C14H25N3O2. The SMILES string of the molecule is CCCCN(CCCC)Cc1c(C(=O)O)cnn1C. The predicted molar refractivity (Wildman–Crippen MR) is 75.3 cm³/mol. The molecule has 0 saturated carbocycles. The smallest absolute Gasteiger partial charge is 0.339 e. The number of hydrogen-bond donors (Lipinski definition) is 1. The van der Waals surface area contributed by atoms with Crippen LogP contribution < -0.4 is 0 Å². The van der Waals surface area contributed by atoms with Crippen LogP contribution in [0.4, 0.5) is 0 Å². The molecule has 1 rings (SSSR count). The van der Waals surface area contributed by atoms with E-state index in [2.05, 4.69) is 23.8 Å². The van der Waals surface area contributed by atoms with Crippen LogP contribution in [0, 0.1) is 0 Å². The van der Waals surface area contributed by atoms with E-state index in [1.807, 2.05) is 0 Å². The fourth-order valence-corrected chi connectivity index (χ4v) is 2.07. The van der Waals surface area contributed by atoms with Gasteiger partial charge in [-0.05, 0) is 25.9 Å². The van der Waals surface area contributed by atoms with Crippen molar-refractivity contribution >= 4 is 5.97 Å². The van der Waals surface area contributed by atoms with Crippen LogP contribution in [0.25, 0.3) is 0 Å². The first-order valence-electron chi connectivity index (χ1n) is 7.06. The molecule has 0 fully saturated rings. The maximum Gasteiger partial charge on any atom is 0.339 e. The number of unbranched alkanes of at least 4 members (excludes halogenated alkanes) is 2. The molecule has 1 aromatic heterocycles. The highest BCUT2D eigenvalue weighted by Gasteiger charge is 2.17. The van der Waals surface area contributed by atoms with Crippen molar-refractivity contribution in [2.75, 3.05) is 13.1 Å². The number of carboxylic acid groups (broad SMARTS) is 1. The number of aryl methyl sites for hydroxylation is 1. The zero-order valence-corrected chi connectivity index (χ0v) is 12.2. The number of nitrogens with zero attached hydrogens (tertiary/aromatic N) is 3. The van der Waals surface area contributed by atoms with Crippen molar-refractivity contribution in [3.05, 3.63) is 17.5 Å². The summed E-state index contributed by atoms with van der Waals surface area (Å²) < 4.78 is 1.67. The van der Waals surface area contributed by atoms with Crippen LogP contribution in [-0.4, -0.2) is 38.8 Å². The van der Waals surface area contributed by atoms with E-state index in [0.29, 0.717) is 12.1 Å². The van der Waals surface area contributed by atoms with Crippen LogP contribution in [0.5, 0.6) is 0 Å². The fourth-order valence-electron chi connectivity index (χ4n) is 2.07. The molecule has 0 aliphatic rings. The fraction of sp³-hybridized carbons (Fsp3) is 0.714. The topological polar surface area (TPSA) is 58.4 Å². The minimum Gasteiger partial charge on any atom is -0.478 e. The monoisotopic (exact) mass is 267 g/mol. The van der Waals surface area contributed by atoms with Crippen LogP contribution in [0.2, 0.25) is 0 Å². The van der Waals surface area contributed by atoms with Gasteiger partial charge in [0.05, 0.1) is 11.9 Å². The summed E-state index contributed by atoms with van der Waals surface area (Å²) in [6, 6.07) is 0. The van der Waals surface area contributed by atoms with Gasteiger partial charge >= 0.3 is 5.97 Å². The molecule has 0 amide bonds. The Bertz CT molecular complexity index is 393. The minimum atomic E-state index is -0.894. The Labute approximate surface area is 115 Å². The summed E-state index contributed by atoms with van der Waals surface area (Å²) >= 11 is 0. The van der Waals surface area contributed by atoms with Gasteiger partial charge in [0.2, 0.25) is 0 Å². The Morgan fingerprint density at radius 2 is 1.89 bits per heavy atom. The van der Waals surface area contributed by atoms with Crippen LogP contribution >= 0.6 is 0 Å². The third-order valence-corrected chi connectivity index (χ3v) is 3.32. The summed E-state index contributed by atoms with van der Waals surface area (Å²) in [5.74, 6) is -0.894. The number of aromatic nitrogens is 2. The molecule has 5 nitrogen and oxygen atoms in total. The van der Waals surface area contributed by atoms with Gasteiger partial charge in [-0.3, -0.25) is 9.58 Å². The second kappa shape index (κ2) is 7.94.